The van der Waals surface area contributed by atoms with E-state index < -0.39 is 0 Å². The van der Waals surface area contributed by atoms with E-state index in [-0.39, 0.29) is 6.03 Å². The van der Waals surface area contributed by atoms with Gasteiger partial charge in [0.25, 0.3) is 0 Å². The molecule has 4 rings (SSSR count). The Balaban J connectivity index is 1.40. The van der Waals surface area contributed by atoms with Crippen molar-refractivity contribution in [2.75, 3.05) is 19.6 Å². The molecule has 2 fully saturated rings. The molecule has 1 unspecified atom stereocenters. The lowest BCUT2D eigenvalue weighted by molar-refractivity contribution is 0.102. The fourth-order valence-electron chi connectivity index (χ4n) is 5.06. The van der Waals surface area contributed by atoms with Gasteiger partial charge in [0.05, 0.1) is 0 Å². The van der Waals surface area contributed by atoms with Crippen LogP contribution in [0, 0.1) is 5.92 Å². The van der Waals surface area contributed by atoms with Crippen molar-refractivity contribution in [1.82, 2.24) is 9.80 Å². The highest BCUT2D eigenvalue weighted by Crippen LogP contribution is 2.31. The third kappa shape index (κ3) is 4.11. The Kier molecular flexibility index (Phi) is 5.63. The molecule has 2 aliphatic heterocycles. The number of carbonyl (C=O) groups is 1. The van der Waals surface area contributed by atoms with E-state index in [0.29, 0.717) is 12.0 Å². The number of fused-ring (bicyclic) bond motifs is 1. The SMILES string of the molecule is NC(=O)N1CCCCCC1C1CCN(Cc2cccc3ccccc23)CC1. The molecule has 2 aliphatic rings. The maximum atomic E-state index is 11.9. The third-order valence-corrected chi connectivity index (χ3v) is 6.53. The molecule has 2 amide bonds. The quantitative estimate of drug-likeness (QED) is 0.878. The monoisotopic (exact) mass is 365 g/mol. The minimum absolute atomic E-state index is 0.222. The molecule has 2 N–H and O–H groups in total. The highest BCUT2D eigenvalue weighted by Gasteiger charge is 2.33. The number of urea groups is 1. The van der Waals surface area contributed by atoms with Crippen molar-refractivity contribution in [3.63, 3.8) is 0 Å². The molecule has 4 heteroatoms. The Morgan fingerprint density at radius 3 is 2.52 bits per heavy atom. The number of carbonyl (C=O) groups excluding carboxylic acids is 1. The van der Waals surface area contributed by atoms with Gasteiger partial charge in [-0.05, 0) is 61.0 Å². The summed E-state index contributed by atoms with van der Waals surface area (Å²) in [6.45, 7) is 4.07. The maximum absolute atomic E-state index is 11.9. The van der Waals surface area contributed by atoms with Crippen molar-refractivity contribution in [1.29, 1.82) is 0 Å². The first-order valence-corrected chi connectivity index (χ1v) is 10.5. The van der Waals surface area contributed by atoms with Gasteiger partial charge in [-0.2, -0.15) is 0 Å². The van der Waals surface area contributed by atoms with E-state index >= 15 is 0 Å². The standard InChI is InChI=1S/C23H31N3O/c24-23(27)26-14-5-1-2-11-22(26)19-12-15-25(16-13-19)17-20-9-6-8-18-7-3-4-10-21(18)20/h3-4,6-10,19,22H,1-2,5,11-17H2,(H2,24,27). The average molecular weight is 366 g/mol. The fraction of sp³-hybridized carbons (Fsp3) is 0.522. The predicted molar refractivity (Wildman–Crippen MR) is 110 cm³/mol. The number of primary amides is 1. The van der Waals surface area contributed by atoms with Gasteiger partial charge in [0.15, 0.2) is 0 Å². The Bertz CT molecular complexity index is 777. The summed E-state index contributed by atoms with van der Waals surface area (Å²) in [6.07, 6.45) is 7.00. The number of nitrogens with zero attached hydrogens (tertiary/aromatic N) is 2. The van der Waals surface area contributed by atoms with Crippen LogP contribution in [0.2, 0.25) is 0 Å². The van der Waals surface area contributed by atoms with E-state index in [1.807, 2.05) is 4.90 Å². The van der Waals surface area contributed by atoms with Gasteiger partial charge in [-0.15, -0.1) is 0 Å². The number of nitrogens with two attached hydrogens (primary N) is 1. The third-order valence-electron chi connectivity index (χ3n) is 6.53. The van der Waals surface area contributed by atoms with E-state index in [1.165, 1.54) is 42.0 Å². The van der Waals surface area contributed by atoms with E-state index in [0.717, 1.165) is 39.0 Å². The van der Waals surface area contributed by atoms with Crippen molar-refractivity contribution in [3.05, 3.63) is 48.0 Å². The molecule has 0 bridgehead atoms. The van der Waals surface area contributed by atoms with Crippen LogP contribution in [0.4, 0.5) is 4.79 Å². The van der Waals surface area contributed by atoms with Gasteiger partial charge in [-0.25, -0.2) is 4.79 Å². The van der Waals surface area contributed by atoms with Crippen LogP contribution in [0.15, 0.2) is 42.5 Å². The van der Waals surface area contributed by atoms with Crippen molar-refractivity contribution >= 4 is 16.8 Å². The number of piperidine rings is 1. The van der Waals surface area contributed by atoms with E-state index in [1.54, 1.807) is 0 Å². The lowest BCUT2D eigenvalue weighted by Gasteiger charge is -2.40. The lowest BCUT2D eigenvalue weighted by Crippen LogP contribution is -2.49. The van der Waals surface area contributed by atoms with Crippen LogP contribution in [-0.4, -0.2) is 41.5 Å². The molecule has 2 aromatic carbocycles. The van der Waals surface area contributed by atoms with Gasteiger partial charge < -0.3 is 10.6 Å². The Labute approximate surface area is 162 Å². The van der Waals surface area contributed by atoms with Crippen LogP contribution in [0.5, 0.6) is 0 Å². The van der Waals surface area contributed by atoms with Crippen molar-refractivity contribution < 1.29 is 4.79 Å². The van der Waals surface area contributed by atoms with Gasteiger partial charge in [0.1, 0.15) is 0 Å². The smallest absolute Gasteiger partial charge is 0.315 e. The van der Waals surface area contributed by atoms with Crippen LogP contribution in [0.25, 0.3) is 10.8 Å². The zero-order valence-electron chi connectivity index (χ0n) is 16.1. The first kappa shape index (κ1) is 18.3. The van der Waals surface area contributed by atoms with Gasteiger partial charge in [0.2, 0.25) is 0 Å². The van der Waals surface area contributed by atoms with Crippen molar-refractivity contribution in [3.8, 4) is 0 Å². The summed E-state index contributed by atoms with van der Waals surface area (Å²) in [5.74, 6) is 0.597. The zero-order valence-corrected chi connectivity index (χ0v) is 16.1. The summed E-state index contributed by atoms with van der Waals surface area (Å²) in [5, 5.41) is 2.69. The summed E-state index contributed by atoms with van der Waals surface area (Å²) in [7, 11) is 0. The van der Waals surface area contributed by atoms with Gasteiger partial charge in [0, 0.05) is 19.1 Å². The number of hydrogen-bond donors (Lipinski definition) is 1. The van der Waals surface area contributed by atoms with Crippen LogP contribution < -0.4 is 5.73 Å². The molecule has 0 aromatic heterocycles. The van der Waals surface area contributed by atoms with Crippen molar-refractivity contribution in [2.24, 2.45) is 11.7 Å². The minimum Gasteiger partial charge on any atom is -0.351 e. The second kappa shape index (κ2) is 8.30. The van der Waals surface area contributed by atoms with Crippen molar-refractivity contribution in [2.45, 2.75) is 51.1 Å². The summed E-state index contributed by atoms with van der Waals surface area (Å²) in [4.78, 5) is 16.5. The molecule has 0 spiro atoms. The molecular weight excluding hydrogens is 334 g/mol. The van der Waals surface area contributed by atoms with E-state index in [9.17, 15) is 4.79 Å². The molecule has 0 radical (unpaired) electrons. The fourth-order valence-corrected chi connectivity index (χ4v) is 5.06. The molecule has 0 saturated carbocycles. The topological polar surface area (TPSA) is 49.6 Å². The lowest BCUT2D eigenvalue weighted by atomic mass is 9.86. The molecule has 2 heterocycles. The largest absolute Gasteiger partial charge is 0.351 e. The van der Waals surface area contributed by atoms with E-state index in [4.69, 9.17) is 5.73 Å². The predicted octanol–water partition coefficient (Wildman–Crippen LogP) is 4.38. The highest BCUT2D eigenvalue weighted by atomic mass is 16.2. The average Bonchev–Trinajstić information content (AvgIpc) is 2.95. The highest BCUT2D eigenvalue weighted by molar-refractivity contribution is 5.85. The molecule has 2 aromatic rings. The summed E-state index contributed by atoms with van der Waals surface area (Å²) < 4.78 is 0. The Morgan fingerprint density at radius 1 is 0.926 bits per heavy atom. The molecule has 144 valence electrons. The summed E-state index contributed by atoms with van der Waals surface area (Å²) in [5.41, 5.74) is 7.11. The summed E-state index contributed by atoms with van der Waals surface area (Å²) in [6, 6.07) is 15.4. The second-order valence-corrected chi connectivity index (χ2v) is 8.20. The number of rotatable bonds is 3. The van der Waals surface area contributed by atoms with Gasteiger partial charge in [-0.1, -0.05) is 55.3 Å². The number of benzene rings is 2. The Hall–Kier alpha value is -2.07. The van der Waals surface area contributed by atoms with Crippen LogP contribution >= 0.6 is 0 Å². The molecule has 27 heavy (non-hydrogen) atoms. The number of hydrogen-bond acceptors (Lipinski definition) is 2. The Morgan fingerprint density at radius 2 is 1.70 bits per heavy atom. The molecule has 1 atom stereocenters. The molecule has 4 nitrogen and oxygen atoms in total. The number of amides is 2. The molecule has 2 saturated heterocycles. The normalized spacial score (nSPS) is 22.7. The molecule has 0 aliphatic carbocycles. The zero-order chi connectivity index (χ0) is 18.6. The van der Waals surface area contributed by atoms with Crippen LogP contribution in [-0.2, 0) is 6.54 Å². The van der Waals surface area contributed by atoms with Gasteiger partial charge in [-0.3, -0.25) is 4.90 Å². The number of likely N-dealkylation sites (tertiary alicyclic amines) is 2. The maximum Gasteiger partial charge on any atom is 0.315 e. The first-order chi connectivity index (χ1) is 13.2. The van der Waals surface area contributed by atoms with Gasteiger partial charge >= 0.3 is 6.03 Å². The van der Waals surface area contributed by atoms with E-state index in [2.05, 4.69) is 47.4 Å². The summed E-state index contributed by atoms with van der Waals surface area (Å²) >= 11 is 0. The minimum atomic E-state index is -0.222. The molecular formula is C23H31N3O. The second-order valence-electron chi connectivity index (χ2n) is 8.20. The van der Waals surface area contributed by atoms with Crippen LogP contribution in [0.3, 0.4) is 0 Å². The first-order valence-electron chi connectivity index (χ1n) is 10.5. The van der Waals surface area contributed by atoms with Crippen LogP contribution in [0.1, 0.15) is 44.1 Å².